The van der Waals surface area contributed by atoms with Crippen LogP contribution in [0.4, 0.5) is 22.4 Å². The van der Waals surface area contributed by atoms with Gasteiger partial charge in [0.25, 0.3) is 0 Å². The van der Waals surface area contributed by atoms with Gasteiger partial charge in [0.2, 0.25) is 0 Å². The smallest absolute Gasteiger partial charge is 0.272 e. The summed E-state index contributed by atoms with van der Waals surface area (Å²) in [5.74, 6) is 0. The Bertz CT molecular complexity index is 161. The van der Waals surface area contributed by atoms with E-state index in [0.29, 0.717) is 0 Å². The van der Waals surface area contributed by atoms with E-state index in [1.807, 2.05) is 0 Å². The molecule has 1 rings (SSSR count). The Morgan fingerprint density at radius 1 is 1.00 bits per heavy atom. The molecule has 58 valence electrons. The van der Waals surface area contributed by atoms with Crippen molar-refractivity contribution in [1.82, 2.24) is 10.6 Å². The van der Waals surface area contributed by atoms with Crippen LogP contribution < -0.4 is 10.6 Å². The molecule has 0 aromatic carbocycles. The Hall–Kier alpha value is -1.01. The Labute approximate surface area is 52.4 Å². The second-order valence-electron chi connectivity index (χ2n) is 1.73. The fourth-order valence-corrected chi connectivity index (χ4v) is 0.473. The van der Waals surface area contributed by atoms with Gasteiger partial charge in [-0.25, -0.2) is 4.79 Å². The number of alkyl halides is 4. The van der Waals surface area contributed by atoms with E-state index >= 15 is 0 Å². The van der Waals surface area contributed by atoms with Crippen LogP contribution in [-0.2, 0) is 0 Å². The molecule has 1 aliphatic rings. The molecule has 0 spiro atoms. The largest absolute Gasteiger partial charge is 0.410 e. The number of urea groups is 1. The summed E-state index contributed by atoms with van der Waals surface area (Å²) < 4.78 is 47.3. The summed E-state index contributed by atoms with van der Waals surface area (Å²) in [6.07, 6.45) is 0. The molecule has 3 nitrogen and oxygen atoms in total. The molecule has 0 bridgehead atoms. The van der Waals surface area contributed by atoms with Gasteiger partial charge in [-0.05, 0) is 0 Å². The van der Waals surface area contributed by atoms with Gasteiger partial charge in [0.05, 0.1) is 0 Å². The first-order chi connectivity index (χ1) is 4.35. The van der Waals surface area contributed by atoms with Gasteiger partial charge in [0.15, 0.2) is 0 Å². The van der Waals surface area contributed by atoms with Crippen LogP contribution in [-0.4, -0.2) is 18.1 Å². The molecule has 1 saturated heterocycles. The first-order valence-electron chi connectivity index (χ1n) is 2.21. The third-order valence-corrected chi connectivity index (χ3v) is 0.935. The van der Waals surface area contributed by atoms with E-state index in [1.165, 1.54) is 0 Å². The highest BCUT2D eigenvalue weighted by molar-refractivity contribution is 5.77. The maximum Gasteiger partial charge on any atom is 0.410 e. The molecule has 1 aliphatic heterocycles. The van der Waals surface area contributed by atoms with Crippen molar-refractivity contribution in [3.8, 4) is 0 Å². The normalized spacial score (nSPS) is 27.4. The average molecular weight is 158 g/mol. The molecule has 0 radical (unpaired) electrons. The third-order valence-electron chi connectivity index (χ3n) is 0.935. The number of amides is 2. The molecule has 0 aliphatic carbocycles. The maximum atomic E-state index is 11.8. The number of nitrogens with one attached hydrogen (secondary N) is 2. The summed E-state index contributed by atoms with van der Waals surface area (Å²) in [5, 5.41) is 1.50. The molecule has 0 aromatic heterocycles. The van der Waals surface area contributed by atoms with Crippen LogP contribution in [0.25, 0.3) is 0 Å². The van der Waals surface area contributed by atoms with Gasteiger partial charge in [-0.1, -0.05) is 0 Å². The minimum Gasteiger partial charge on any atom is -0.272 e. The van der Waals surface area contributed by atoms with E-state index in [1.54, 1.807) is 0 Å². The zero-order valence-electron chi connectivity index (χ0n) is 4.42. The molecule has 1 fully saturated rings. The molecule has 0 saturated carbocycles. The molecular weight excluding hydrogens is 156 g/mol. The molecule has 10 heavy (non-hydrogen) atoms. The van der Waals surface area contributed by atoms with Gasteiger partial charge in [-0.3, -0.25) is 10.6 Å². The van der Waals surface area contributed by atoms with Gasteiger partial charge in [-0.15, -0.1) is 0 Å². The summed E-state index contributed by atoms with van der Waals surface area (Å²) in [7, 11) is 0. The SMILES string of the molecule is O=C1NC(F)(F)C(F)(F)N1. The maximum absolute atomic E-state index is 11.8. The molecule has 2 N–H and O–H groups in total. The minimum atomic E-state index is -4.48. The lowest BCUT2D eigenvalue weighted by Crippen LogP contribution is -2.47. The first kappa shape index (κ1) is 7.10. The van der Waals surface area contributed by atoms with Crippen LogP contribution in [0.3, 0.4) is 0 Å². The lowest BCUT2D eigenvalue weighted by atomic mass is 10.5. The van der Waals surface area contributed by atoms with E-state index in [4.69, 9.17) is 0 Å². The van der Waals surface area contributed by atoms with Crippen LogP contribution in [0.15, 0.2) is 0 Å². The molecule has 1 heterocycles. The Morgan fingerprint density at radius 3 is 1.40 bits per heavy atom. The molecular formula is C3H2F4N2O. The summed E-state index contributed by atoms with van der Waals surface area (Å²) >= 11 is 0. The van der Waals surface area contributed by atoms with Crippen LogP contribution in [0.5, 0.6) is 0 Å². The van der Waals surface area contributed by atoms with Crippen molar-refractivity contribution < 1.29 is 22.4 Å². The van der Waals surface area contributed by atoms with Gasteiger partial charge < -0.3 is 0 Å². The van der Waals surface area contributed by atoms with Crippen molar-refractivity contribution in [3.63, 3.8) is 0 Å². The highest BCUT2D eigenvalue weighted by atomic mass is 19.3. The monoisotopic (exact) mass is 158 g/mol. The van der Waals surface area contributed by atoms with Crippen LogP contribution >= 0.6 is 0 Å². The van der Waals surface area contributed by atoms with Gasteiger partial charge in [0.1, 0.15) is 0 Å². The standard InChI is InChI=1S/C3H2F4N2O/c4-2(5)3(6,7)9-1(10)8-2/h(H2,8,9,10). The van der Waals surface area contributed by atoms with Crippen LogP contribution in [0.1, 0.15) is 0 Å². The number of hydrogen-bond donors (Lipinski definition) is 2. The fraction of sp³-hybridized carbons (Fsp3) is 0.667. The van der Waals surface area contributed by atoms with Crippen molar-refractivity contribution in [2.45, 2.75) is 12.1 Å². The predicted octanol–water partition coefficient (Wildman–Crippen LogP) is 0.485. The van der Waals surface area contributed by atoms with Gasteiger partial charge >= 0.3 is 18.1 Å². The van der Waals surface area contributed by atoms with E-state index < -0.39 is 18.1 Å². The number of halogens is 4. The summed E-state index contributed by atoms with van der Waals surface area (Å²) in [5.41, 5.74) is 0. The Balaban J connectivity index is 2.88. The highest BCUT2D eigenvalue weighted by Crippen LogP contribution is 2.32. The molecule has 0 aromatic rings. The second-order valence-corrected chi connectivity index (χ2v) is 1.73. The number of carbonyl (C=O) groups excluding carboxylic acids is 1. The van der Waals surface area contributed by atoms with Crippen molar-refractivity contribution in [2.75, 3.05) is 0 Å². The molecule has 2 amide bonds. The molecule has 7 heteroatoms. The van der Waals surface area contributed by atoms with Gasteiger partial charge in [0, 0.05) is 0 Å². The van der Waals surface area contributed by atoms with E-state index in [-0.39, 0.29) is 0 Å². The second kappa shape index (κ2) is 1.53. The van der Waals surface area contributed by atoms with Crippen molar-refractivity contribution in [2.24, 2.45) is 0 Å². The third kappa shape index (κ3) is 0.775. The lowest BCUT2D eigenvalue weighted by molar-refractivity contribution is -0.207. The zero-order valence-corrected chi connectivity index (χ0v) is 4.42. The Kier molecular flexibility index (Phi) is 1.08. The first-order valence-corrected chi connectivity index (χ1v) is 2.21. The van der Waals surface area contributed by atoms with E-state index in [9.17, 15) is 22.4 Å². The quantitative estimate of drug-likeness (QED) is 0.390. The summed E-state index contributed by atoms with van der Waals surface area (Å²) in [4.78, 5) is 9.89. The topological polar surface area (TPSA) is 41.1 Å². The van der Waals surface area contributed by atoms with Gasteiger partial charge in [-0.2, -0.15) is 17.6 Å². The summed E-state index contributed by atoms with van der Waals surface area (Å²) in [6.45, 7) is 0. The highest BCUT2D eigenvalue weighted by Gasteiger charge is 2.64. The van der Waals surface area contributed by atoms with E-state index in [2.05, 4.69) is 0 Å². The fourth-order valence-electron chi connectivity index (χ4n) is 0.473. The lowest BCUT2D eigenvalue weighted by Gasteiger charge is -2.14. The number of hydrogen-bond acceptors (Lipinski definition) is 1. The molecule has 0 unspecified atom stereocenters. The van der Waals surface area contributed by atoms with Crippen molar-refractivity contribution in [3.05, 3.63) is 0 Å². The predicted molar refractivity (Wildman–Crippen MR) is 21.6 cm³/mol. The molecule has 0 atom stereocenters. The van der Waals surface area contributed by atoms with Crippen molar-refractivity contribution in [1.29, 1.82) is 0 Å². The minimum absolute atomic E-state index is 0.750. The van der Waals surface area contributed by atoms with Crippen molar-refractivity contribution >= 4 is 6.03 Å². The van der Waals surface area contributed by atoms with E-state index in [0.717, 1.165) is 10.6 Å². The van der Waals surface area contributed by atoms with Crippen LogP contribution in [0.2, 0.25) is 0 Å². The zero-order chi connectivity index (χ0) is 7.99. The summed E-state index contributed by atoms with van der Waals surface area (Å²) in [6, 6.07) is -10.5. The number of rotatable bonds is 0. The number of carbonyl (C=O) groups is 1. The average Bonchev–Trinajstić information content (AvgIpc) is 1.73. The van der Waals surface area contributed by atoms with Crippen LogP contribution in [0, 0.1) is 0 Å². The Morgan fingerprint density at radius 2 is 1.30 bits per heavy atom.